The van der Waals surface area contributed by atoms with Crippen LogP contribution in [0.3, 0.4) is 0 Å². The van der Waals surface area contributed by atoms with Crippen molar-refractivity contribution < 1.29 is 13.5 Å². The first kappa shape index (κ1) is 17.5. The molecule has 0 aliphatic carbocycles. The Morgan fingerprint density at radius 3 is 2.17 bits per heavy atom. The average molecular weight is 334 g/mol. The maximum Gasteiger partial charge on any atom is 0.240 e. The Hall–Kier alpha value is -1.89. The summed E-state index contributed by atoms with van der Waals surface area (Å²) in [5, 5.41) is 9.64. The number of benzene rings is 2. The second-order valence-corrected chi connectivity index (χ2v) is 7.11. The van der Waals surface area contributed by atoms with E-state index in [0.717, 1.165) is 5.69 Å². The van der Waals surface area contributed by atoms with Crippen LogP contribution in [-0.2, 0) is 10.0 Å². The highest BCUT2D eigenvalue weighted by Gasteiger charge is 2.14. The molecule has 2 aromatic carbocycles. The summed E-state index contributed by atoms with van der Waals surface area (Å²) in [7, 11) is -3.51. The predicted octanol–water partition coefficient (Wildman–Crippen LogP) is 1.85. The third kappa shape index (κ3) is 5.35. The fraction of sp³-hybridized carbons (Fsp3) is 0.294. The van der Waals surface area contributed by atoms with E-state index in [9.17, 15) is 13.5 Å². The Balaban J connectivity index is 1.99. The Kier molecular flexibility index (Phi) is 6.15. The van der Waals surface area contributed by atoms with Crippen molar-refractivity contribution in [3.63, 3.8) is 0 Å². The predicted molar refractivity (Wildman–Crippen MR) is 92.0 cm³/mol. The highest BCUT2D eigenvalue weighted by atomic mass is 32.2. The summed E-state index contributed by atoms with van der Waals surface area (Å²) in [6.45, 7) is 2.89. The van der Waals surface area contributed by atoms with Crippen LogP contribution in [-0.4, -0.2) is 39.3 Å². The molecule has 0 spiro atoms. The Labute approximate surface area is 137 Å². The van der Waals surface area contributed by atoms with Crippen LogP contribution in [0.1, 0.15) is 6.92 Å². The molecule has 0 saturated heterocycles. The molecule has 0 unspecified atom stereocenters. The number of hydrogen-bond acceptors (Lipinski definition) is 4. The molecule has 0 amide bonds. The van der Waals surface area contributed by atoms with E-state index in [-0.39, 0.29) is 11.4 Å². The minimum absolute atomic E-state index is 0.252. The lowest BCUT2D eigenvalue weighted by Crippen LogP contribution is -2.38. The fourth-order valence-electron chi connectivity index (χ4n) is 2.28. The van der Waals surface area contributed by atoms with Crippen LogP contribution < -0.4 is 9.62 Å². The van der Waals surface area contributed by atoms with Crippen LogP contribution in [0.5, 0.6) is 0 Å². The summed E-state index contributed by atoms with van der Waals surface area (Å²) < 4.78 is 27.0. The molecule has 0 fully saturated rings. The van der Waals surface area contributed by atoms with E-state index in [1.165, 1.54) is 0 Å². The molecule has 2 N–H and O–H groups in total. The van der Waals surface area contributed by atoms with Gasteiger partial charge < -0.3 is 10.0 Å². The summed E-state index contributed by atoms with van der Waals surface area (Å²) in [6.07, 6.45) is -0.499. The maximum absolute atomic E-state index is 12.2. The van der Waals surface area contributed by atoms with Crippen LogP contribution in [0.15, 0.2) is 65.6 Å². The van der Waals surface area contributed by atoms with Crippen LogP contribution in [0.2, 0.25) is 0 Å². The van der Waals surface area contributed by atoms with Crippen LogP contribution in [0, 0.1) is 0 Å². The Morgan fingerprint density at radius 2 is 1.61 bits per heavy atom. The number of aliphatic hydroxyl groups is 1. The summed E-state index contributed by atoms with van der Waals surface area (Å²) >= 11 is 0. The van der Waals surface area contributed by atoms with Gasteiger partial charge in [0, 0.05) is 25.3 Å². The van der Waals surface area contributed by atoms with Crippen molar-refractivity contribution in [3.8, 4) is 0 Å². The van der Waals surface area contributed by atoms with Gasteiger partial charge in [0.1, 0.15) is 0 Å². The molecule has 6 heteroatoms. The monoisotopic (exact) mass is 334 g/mol. The Morgan fingerprint density at radius 1 is 1.04 bits per heavy atom. The quantitative estimate of drug-likeness (QED) is 0.773. The average Bonchev–Trinajstić information content (AvgIpc) is 2.55. The van der Waals surface area contributed by atoms with Crippen molar-refractivity contribution in [3.05, 3.63) is 60.7 Å². The number of aliphatic hydroxyl groups excluding tert-OH is 1. The zero-order valence-electron chi connectivity index (χ0n) is 13.1. The van der Waals surface area contributed by atoms with Gasteiger partial charge in [0.25, 0.3) is 0 Å². The molecule has 0 heterocycles. The minimum Gasteiger partial charge on any atom is -0.392 e. The topological polar surface area (TPSA) is 69.6 Å². The number of nitrogens with one attached hydrogen (secondary N) is 1. The molecule has 23 heavy (non-hydrogen) atoms. The second kappa shape index (κ2) is 8.10. The molecular formula is C17H22N2O3S. The fourth-order valence-corrected chi connectivity index (χ4v) is 3.32. The first-order valence-corrected chi connectivity index (χ1v) is 9.00. The molecule has 0 aliphatic heterocycles. The van der Waals surface area contributed by atoms with Gasteiger partial charge in [-0.25, -0.2) is 13.1 Å². The third-order valence-electron chi connectivity index (χ3n) is 3.33. The molecule has 0 radical (unpaired) electrons. The van der Waals surface area contributed by atoms with Crippen molar-refractivity contribution in [2.24, 2.45) is 0 Å². The van der Waals surface area contributed by atoms with Gasteiger partial charge in [-0.3, -0.25) is 0 Å². The highest BCUT2D eigenvalue weighted by molar-refractivity contribution is 7.89. The third-order valence-corrected chi connectivity index (χ3v) is 4.81. The minimum atomic E-state index is -3.51. The lowest BCUT2D eigenvalue weighted by atomic mass is 10.2. The standard InChI is InChI=1S/C17H22N2O3S/c1-15(20)14-19(16-8-4-2-5-9-16)13-12-18-23(21,22)17-10-6-3-7-11-17/h2-11,15,18,20H,12-14H2,1H3/t15-/m1/s1. The molecule has 0 aromatic heterocycles. The van der Waals surface area contributed by atoms with Gasteiger partial charge in [0.05, 0.1) is 11.0 Å². The maximum atomic E-state index is 12.2. The van der Waals surface area contributed by atoms with Crippen LogP contribution in [0.25, 0.3) is 0 Å². The van der Waals surface area contributed by atoms with E-state index in [1.54, 1.807) is 37.3 Å². The number of para-hydroxylation sites is 1. The zero-order chi connectivity index (χ0) is 16.7. The van der Waals surface area contributed by atoms with E-state index >= 15 is 0 Å². The van der Waals surface area contributed by atoms with E-state index in [2.05, 4.69) is 4.72 Å². The number of anilines is 1. The molecule has 0 aliphatic rings. The van der Waals surface area contributed by atoms with E-state index in [0.29, 0.717) is 13.1 Å². The second-order valence-electron chi connectivity index (χ2n) is 5.34. The van der Waals surface area contributed by atoms with Crippen molar-refractivity contribution in [1.29, 1.82) is 0 Å². The summed E-state index contributed by atoms with van der Waals surface area (Å²) in [5.74, 6) is 0. The zero-order valence-corrected chi connectivity index (χ0v) is 13.9. The molecule has 5 nitrogen and oxygen atoms in total. The number of hydrogen-bond donors (Lipinski definition) is 2. The van der Waals surface area contributed by atoms with Crippen molar-refractivity contribution in [2.75, 3.05) is 24.5 Å². The molecule has 1 atom stereocenters. The summed E-state index contributed by atoms with van der Waals surface area (Å²) in [6, 6.07) is 17.9. The summed E-state index contributed by atoms with van der Waals surface area (Å²) in [4.78, 5) is 2.21. The van der Waals surface area contributed by atoms with E-state index in [4.69, 9.17) is 0 Å². The van der Waals surface area contributed by atoms with E-state index < -0.39 is 16.1 Å². The normalized spacial score (nSPS) is 12.8. The SMILES string of the molecule is C[C@@H](O)CN(CCNS(=O)(=O)c1ccccc1)c1ccccc1. The Bertz CT molecular complexity index is 688. The van der Waals surface area contributed by atoms with Crippen LogP contribution in [0.4, 0.5) is 5.69 Å². The molecule has 0 bridgehead atoms. The van der Waals surface area contributed by atoms with Crippen LogP contribution >= 0.6 is 0 Å². The van der Waals surface area contributed by atoms with Gasteiger partial charge in [-0.2, -0.15) is 0 Å². The number of nitrogens with zero attached hydrogens (tertiary/aromatic N) is 1. The first-order chi connectivity index (χ1) is 11.0. The highest BCUT2D eigenvalue weighted by Crippen LogP contribution is 2.13. The lowest BCUT2D eigenvalue weighted by molar-refractivity contribution is 0.200. The lowest BCUT2D eigenvalue weighted by Gasteiger charge is -2.26. The van der Waals surface area contributed by atoms with Crippen molar-refractivity contribution >= 4 is 15.7 Å². The molecule has 2 rings (SSSR count). The van der Waals surface area contributed by atoms with Gasteiger partial charge in [-0.15, -0.1) is 0 Å². The van der Waals surface area contributed by atoms with Crippen molar-refractivity contribution in [1.82, 2.24) is 4.72 Å². The summed E-state index contributed by atoms with van der Waals surface area (Å²) in [5.41, 5.74) is 0.951. The first-order valence-electron chi connectivity index (χ1n) is 7.52. The number of sulfonamides is 1. The smallest absolute Gasteiger partial charge is 0.240 e. The van der Waals surface area contributed by atoms with Gasteiger partial charge in [0.2, 0.25) is 10.0 Å². The van der Waals surface area contributed by atoms with Gasteiger partial charge in [-0.05, 0) is 31.2 Å². The van der Waals surface area contributed by atoms with E-state index in [1.807, 2.05) is 35.2 Å². The number of rotatable bonds is 8. The van der Waals surface area contributed by atoms with Gasteiger partial charge >= 0.3 is 0 Å². The molecule has 0 saturated carbocycles. The van der Waals surface area contributed by atoms with Gasteiger partial charge in [0.15, 0.2) is 0 Å². The molecule has 2 aromatic rings. The molecular weight excluding hydrogens is 312 g/mol. The van der Waals surface area contributed by atoms with Crippen molar-refractivity contribution in [2.45, 2.75) is 17.9 Å². The largest absolute Gasteiger partial charge is 0.392 e. The van der Waals surface area contributed by atoms with Gasteiger partial charge in [-0.1, -0.05) is 36.4 Å². The molecule has 124 valence electrons.